The molecule has 0 unspecified atom stereocenters. The van der Waals surface area contributed by atoms with E-state index in [1.807, 2.05) is 0 Å². The van der Waals surface area contributed by atoms with E-state index in [2.05, 4.69) is 40.5 Å². The van der Waals surface area contributed by atoms with Crippen LogP contribution >= 0.6 is 0 Å². The number of allylic oxidation sites excluding steroid dienone is 1. The predicted octanol–water partition coefficient (Wildman–Crippen LogP) is 2.46. The van der Waals surface area contributed by atoms with E-state index < -0.39 is 0 Å². The fourth-order valence-corrected chi connectivity index (χ4v) is 3.52. The summed E-state index contributed by atoms with van der Waals surface area (Å²) in [5.41, 5.74) is 1.63. The highest BCUT2D eigenvalue weighted by Crippen LogP contribution is 2.19. The summed E-state index contributed by atoms with van der Waals surface area (Å²) in [5.74, 6) is 0.985. The number of rotatable bonds is 9. The Morgan fingerprint density at radius 1 is 1.12 bits per heavy atom. The Balaban J connectivity index is 1.57. The van der Waals surface area contributed by atoms with Crippen molar-refractivity contribution in [2.24, 2.45) is 4.99 Å². The van der Waals surface area contributed by atoms with Gasteiger partial charge in [-0.05, 0) is 65.5 Å². The summed E-state index contributed by atoms with van der Waals surface area (Å²) in [6, 6.07) is 0. The topological polar surface area (TPSA) is 42.9 Å². The molecule has 0 aromatic heterocycles. The Bertz CT molecular complexity index is 410. The van der Waals surface area contributed by atoms with E-state index in [4.69, 9.17) is 4.99 Å². The van der Waals surface area contributed by atoms with E-state index in [1.165, 1.54) is 71.2 Å². The highest BCUT2D eigenvalue weighted by molar-refractivity contribution is 5.79. The van der Waals surface area contributed by atoms with Gasteiger partial charge in [0.1, 0.15) is 0 Å². The first-order valence-corrected chi connectivity index (χ1v) is 10.4. The summed E-state index contributed by atoms with van der Waals surface area (Å²) in [5, 5.41) is 6.86. The van der Waals surface area contributed by atoms with Crippen LogP contribution in [0.4, 0.5) is 0 Å². The van der Waals surface area contributed by atoms with Crippen molar-refractivity contribution < 1.29 is 0 Å². The van der Waals surface area contributed by atoms with Crippen molar-refractivity contribution in [1.29, 1.82) is 0 Å². The Morgan fingerprint density at radius 3 is 2.68 bits per heavy atom. The number of aliphatic imine (C=N–C) groups is 1. The van der Waals surface area contributed by atoms with Gasteiger partial charge in [0.25, 0.3) is 0 Å². The Kier molecular flexibility index (Phi) is 9.97. The first-order chi connectivity index (χ1) is 12.3. The van der Waals surface area contributed by atoms with Gasteiger partial charge in [-0.2, -0.15) is 0 Å². The van der Waals surface area contributed by atoms with Crippen molar-refractivity contribution in [3.8, 4) is 0 Å². The van der Waals surface area contributed by atoms with Crippen LogP contribution in [0.25, 0.3) is 0 Å². The van der Waals surface area contributed by atoms with Crippen LogP contribution in [0.5, 0.6) is 0 Å². The maximum absolute atomic E-state index is 4.74. The van der Waals surface area contributed by atoms with Crippen molar-refractivity contribution in [2.45, 2.75) is 51.9 Å². The third kappa shape index (κ3) is 8.73. The first kappa shape index (κ1) is 20.2. The molecule has 0 saturated carbocycles. The zero-order valence-electron chi connectivity index (χ0n) is 16.5. The predicted molar refractivity (Wildman–Crippen MR) is 108 cm³/mol. The third-order valence-electron chi connectivity index (χ3n) is 5.22. The van der Waals surface area contributed by atoms with Crippen LogP contribution in [0.1, 0.15) is 51.9 Å². The lowest BCUT2D eigenvalue weighted by atomic mass is 9.97. The Labute approximate surface area is 154 Å². The van der Waals surface area contributed by atoms with Crippen molar-refractivity contribution in [3.63, 3.8) is 0 Å². The van der Waals surface area contributed by atoms with Crippen molar-refractivity contribution in [1.82, 2.24) is 20.4 Å². The van der Waals surface area contributed by atoms with Crippen LogP contribution in [0.3, 0.4) is 0 Å². The van der Waals surface area contributed by atoms with Crippen LogP contribution in [0.15, 0.2) is 16.6 Å². The van der Waals surface area contributed by atoms with Gasteiger partial charge in [0.15, 0.2) is 5.96 Å². The molecule has 5 nitrogen and oxygen atoms in total. The number of hydrogen-bond acceptors (Lipinski definition) is 3. The highest BCUT2D eigenvalue weighted by atomic mass is 15.2. The molecule has 2 aliphatic rings. The monoisotopic (exact) mass is 349 g/mol. The molecular formula is C20H39N5. The molecule has 0 atom stereocenters. The van der Waals surface area contributed by atoms with Gasteiger partial charge in [0, 0.05) is 45.8 Å². The van der Waals surface area contributed by atoms with Gasteiger partial charge in [-0.25, -0.2) is 0 Å². The second-order valence-electron chi connectivity index (χ2n) is 7.40. The Morgan fingerprint density at radius 2 is 1.96 bits per heavy atom. The lowest BCUT2D eigenvalue weighted by Gasteiger charge is -2.32. The maximum atomic E-state index is 4.74. The van der Waals surface area contributed by atoms with Gasteiger partial charge in [-0.15, -0.1) is 0 Å². The number of nitrogens with one attached hydrogen (secondary N) is 2. The van der Waals surface area contributed by atoms with Crippen molar-refractivity contribution >= 4 is 5.96 Å². The van der Waals surface area contributed by atoms with E-state index in [1.54, 1.807) is 5.57 Å². The van der Waals surface area contributed by atoms with Gasteiger partial charge < -0.3 is 20.4 Å². The largest absolute Gasteiger partial charge is 0.357 e. The summed E-state index contributed by atoms with van der Waals surface area (Å²) >= 11 is 0. The van der Waals surface area contributed by atoms with Crippen LogP contribution in [0.2, 0.25) is 0 Å². The quantitative estimate of drug-likeness (QED) is 0.290. The molecule has 0 aromatic carbocycles. The molecule has 0 aromatic rings. The second kappa shape index (κ2) is 12.3. The number of likely N-dealkylation sites (N-methyl/N-ethyl adjacent to an activating group) is 1. The third-order valence-corrected chi connectivity index (χ3v) is 5.22. The van der Waals surface area contributed by atoms with Gasteiger partial charge in [-0.3, -0.25) is 4.99 Å². The number of unbranched alkanes of at least 4 members (excludes halogenated alkanes) is 1. The fourth-order valence-electron chi connectivity index (χ4n) is 3.52. The van der Waals surface area contributed by atoms with Gasteiger partial charge in [0.05, 0.1) is 0 Å². The van der Waals surface area contributed by atoms with Gasteiger partial charge in [-0.1, -0.05) is 11.6 Å². The number of nitrogens with zero attached hydrogens (tertiary/aromatic N) is 3. The number of guanidine groups is 1. The minimum atomic E-state index is 0.922. The molecule has 1 saturated heterocycles. The van der Waals surface area contributed by atoms with Crippen LogP contribution in [-0.2, 0) is 0 Å². The normalized spacial score (nSPS) is 20.4. The molecule has 0 amide bonds. The molecule has 0 bridgehead atoms. The van der Waals surface area contributed by atoms with E-state index >= 15 is 0 Å². The average Bonchev–Trinajstić information content (AvgIpc) is 2.64. The molecule has 144 valence electrons. The molecular weight excluding hydrogens is 310 g/mol. The molecule has 25 heavy (non-hydrogen) atoms. The summed E-state index contributed by atoms with van der Waals surface area (Å²) in [6.45, 7) is 11.1. The SMILES string of the molecule is CCNC(=NCCCCN1CCN(C)CC1)NCCC1=CCCCC1. The van der Waals surface area contributed by atoms with Crippen molar-refractivity contribution in [2.75, 3.05) is 59.4 Å². The van der Waals surface area contributed by atoms with E-state index in [0.717, 1.165) is 32.0 Å². The summed E-state index contributed by atoms with van der Waals surface area (Å²) in [4.78, 5) is 9.74. The van der Waals surface area contributed by atoms with Gasteiger partial charge in [0.2, 0.25) is 0 Å². The fraction of sp³-hybridized carbons (Fsp3) is 0.850. The molecule has 1 aliphatic carbocycles. The summed E-state index contributed by atoms with van der Waals surface area (Å²) in [7, 11) is 2.21. The summed E-state index contributed by atoms with van der Waals surface area (Å²) in [6.07, 6.45) is 11.3. The van der Waals surface area contributed by atoms with Crippen LogP contribution in [0, 0.1) is 0 Å². The molecule has 0 radical (unpaired) electrons. The molecule has 2 rings (SSSR count). The van der Waals surface area contributed by atoms with Crippen molar-refractivity contribution in [3.05, 3.63) is 11.6 Å². The second-order valence-corrected chi connectivity index (χ2v) is 7.40. The summed E-state index contributed by atoms with van der Waals surface area (Å²) < 4.78 is 0. The van der Waals surface area contributed by atoms with Crippen LogP contribution in [-0.4, -0.2) is 75.2 Å². The number of piperazine rings is 1. The lowest BCUT2D eigenvalue weighted by Crippen LogP contribution is -2.44. The maximum Gasteiger partial charge on any atom is 0.191 e. The van der Waals surface area contributed by atoms with E-state index in [-0.39, 0.29) is 0 Å². The molecule has 2 N–H and O–H groups in total. The molecule has 0 spiro atoms. The zero-order chi connectivity index (χ0) is 17.7. The smallest absolute Gasteiger partial charge is 0.191 e. The van der Waals surface area contributed by atoms with E-state index in [0.29, 0.717) is 0 Å². The zero-order valence-corrected chi connectivity index (χ0v) is 16.5. The minimum Gasteiger partial charge on any atom is -0.357 e. The van der Waals surface area contributed by atoms with E-state index in [9.17, 15) is 0 Å². The highest BCUT2D eigenvalue weighted by Gasteiger charge is 2.12. The van der Waals surface area contributed by atoms with Gasteiger partial charge >= 0.3 is 0 Å². The average molecular weight is 350 g/mol. The lowest BCUT2D eigenvalue weighted by molar-refractivity contribution is 0.152. The van der Waals surface area contributed by atoms with Crippen LogP contribution < -0.4 is 10.6 Å². The molecule has 1 aliphatic heterocycles. The molecule has 1 fully saturated rings. The molecule has 5 heteroatoms. The first-order valence-electron chi connectivity index (χ1n) is 10.4. The Hall–Kier alpha value is -1.07. The molecule has 1 heterocycles. The number of hydrogen-bond donors (Lipinski definition) is 2. The standard InChI is InChI=1S/C20H39N5/c1-3-21-20(23-13-11-19-9-5-4-6-10-19)22-12-7-8-14-25-17-15-24(2)16-18-25/h9H,3-8,10-18H2,1-2H3,(H2,21,22,23). The minimum absolute atomic E-state index is 0.922.